The molecule has 0 fully saturated rings. The van der Waals surface area contributed by atoms with Crippen LogP contribution in [0.2, 0.25) is 0 Å². The number of carbonyl (C=O) groups excluding carboxylic acids is 1. The molecule has 2 N–H and O–H groups in total. The van der Waals surface area contributed by atoms with Crippen molar-refractivity contribution in [3.8, 4) is 11.5 Å². The molecule has 128 valence electrons. The van der Waals surface area contributed by atoms with Crippen LogP contribution in [0.15, 0.2) is 23.1 Å². The third-order valence-electron chi connectivity index (χ3n) is 3.40. The smallest absolute Gasteiger partial charge is 0.221 e. The number of nitrogens with one attached hydrogen (secondary N) is 2. The molecule has 8 heteroatoms. The molecule has 0 atom stereocenters. The van der Waals surface area contributed by atoms with Crippen LogP contribution in [0.4, 0.5) is 0 Å². The van der Waals surface area contributed by atoms with Gasteiger partial charge in [0.1, 0.15) is 13.2 Å². The first-order chi connectivity index (χ1) is 11.0. The lowest BCUT2D eigenvalue weighted by Crippen LogP contribution is -2.28. The highest BCUT2D eigenvalue weighted by molar-refractivity contribution is 7.91. The van der Waals surface area contributed by atoms with Crippen molar-refractivity contribution in [1.82, 2.24) is 10.6 Å². The summed E-state index contributed by atoms with van der Waals surface area (Å²) in [5.74, 6) is 0.471. The van der Waals surface area contributed by atoms with Crippen molar-refractivity contribution in [3.63, 3.8) is 0 Å². The minimum Gasteiger partial charge on any atom is -0.486 e. The zero-order valence-electron chi connectivity index (χ0n) is 13.1. The molecule has 1 aromatic rings. The second-order valence-corrected chi connectivity index (χ2v) is 7.29. The largest absolute Gasteiger partial charge is 0.486 e. The second kappa shape index (κ2) is 8.16. The van der Waals surface area contributed by atoms with Gasteiger partial charge in [-0.1, -0.05) is 0 Å². The van der Waals surface area contributed by atoms with Crippen LogP contribution in [0.25, 0.3) is 0 Å². The summed E-state index contributed by atoms with van der Waals surface area (Å²) in [4.78, 5) is 11.8. The third-order valence-corrected chi connectivity index (χ3v) is 5.11. The molecule has 1 aliphatic rings. The molecular formula is C15H22N2O5S. The fourth-order valence-electron chi connectivity index (χ4n) is 2.14. The lowest BCUT2D eigenvalue weighted by molar-refractivity contribution is -0.120. The molecule has 0 saturated heterocycles. The highest BCUT2D eigenvalue weighted by atomic mass is 32.2. The number of sulfone groups is 1. The molecule has 0 aromatic heterocycles. The topological polar surface area (TPSA) is 93.7 Å². The van der Waals surface area contributed by atoms with Gasteiger partial charge in [0, 0.05) is 19.0 Å². The average molecular weight is 342 g/mol. The predicted molar refractivity (Wildman–Crippen MR) is 85.7 cm³/mol. The fraction of sp³-hybridized carbons (Fsp3) is 0.533. The van der Waals surface area contributed by atoms with E-state index in [2.05, 4.69) is 10.6 Å². The van der Waals surface area contributed by atoms with E-state index in [0.29, 0.717) is 31.3 Å². The van der Waals surface area contributed by atoms with E-state index >= 15 is 0 Å². The van der Waals surface area contributed by atoms with Crippen LogP contribution < -0.4 is 20.1 Å². The van der Waals surface area contributed by atoms with Crippen LogP contribution in [0.1, 0.15) is 12.8 Å². The summed E-state index contributed by atoms with van der Waals surface area (Å²) in [5, 5.41) is 5.68. The van der Waals surface area contributed by atoms with Crippen LogP contribution in [0.3, 0.4) is 0 Å². The number of rotatable bonds is 8. The molecule has 7 nitrogen and oxygen atoms in total. The molecule has 0 bridgehead atoms. The van der Waals surface area contributed by atoms with Gasteiger partial charge in [-0.3, -0.25) is 4.79 Å². The lowest BCUT2D eigenvalue weighted by atomic mass is 10.3. The van der Waals surface area contributed by atoms with Crippen LogP contribution in [0, 0.1) is 0 Å². The van der Waals surface area contributed by atoms with Crippen molar-refractivity contribution < 1.29 is 22.7 Å². The van der Waals surface area contributed by atoms with E-state index in [1.165, 1.54) is 12.1 Å². The summed E-state index contributed by atoms with van der Waals surface area (Å²) in [6.45, 7) is 2.18. The number of benzene rings is 1. The zero-order chi connectivity index (χ0) is 16.7. The van der Waals surface area contributed by atoms with Crippen molar-refractivity contribution >= 4 is 15.7 Å². The first-order valence-corrected chi connectivity index (χ1v) is 9.22. The Morgan fingerprint density at radius 1 is 1.17 bits per heavy atom. The number of carbonyl (C=O) groups is 1. The summed E-state index contributed by atoms with van der Waals surface area (Å²) in [5.41, 5.74) is 0. The first-order valence-electron chi connectivity index (χ1n) is 7.56. The number of ether oxygens (including phenoxy) is 2. The van der Waals surface area contributed by atoms with Gasteiger partial charge in [-0.2, -0.15) is 0 Å². The van der Waals surface area contributed by atoms with Crippen molar-refractivity contribution in [2.45, 2.75) is 17.7 Å². The van der Waals surface area contributed by atoms with Crippen LogP contribution >= 0.6 is 0 Å². The molecule has 1 aliphatic heterocycles. The SMILES string of the molecule is CNCCCNC(=O)CCS(=O)(=O)c1ccc2c(c1)OCCO2. The van der Waals surface area contributed by atoms with Crippen molar-refractivity contribution in [2.75, 3.05) is 39.1 Å². The molecule has 0 saturated carbocycles. The maximum absolute atomic E-state index is 12.3. The van der Waals surface area contributed by atoms with Gasteiger partial charge in [0.2, 0.25) is 5.91 Å². The molecule has 1 heterocycles. The van der Waals surface area contributed by atoms with Crippen LogP contribution in [-0.4, -0.2) is 53.4 Å². The van der Waals surface area contributed by atoms with Crippen LogP contribution in [-0.2, 0) is 14.6 Å². The maximum Gasteiger partial charge on any atom is 0.221 e. The van der Waals surface area contributed by atoms with E-state index in [1.807, 2.05) is 7.05 Å². The van der Waals surface area contributed by atoms with E-state index in [1.54, 1.807) is 6.07 Å². The maximum atomic E-state index is 12.3. The molecule has 23 heavy (non-hydrogen) atoms. The molecule has 1 aromatic carbocycles. The lowest BCUT2D eigenvalue weighted by Gasteiger charge is -2.18. The Balaban J connectivity index is 1.90. The molecule has 0 radical (unpaired) electrons. The van der Waals surface area contributed by atoms with Gasteiger partial charge in [-0.05, 0) is 32.1 Å². The third kappa shape index (κ3) is 5.11. The number of hydrogen-bond donors (Lipinski definition) is 2. The Morgan fingerprint density at radius 3 is 2.65 bits per heavy atom. The second-order valence-electron chi connectivity index (χ2n) is 5.18. The van der Waals surface area contributed by atoms with E-state index in [4.69, 9.17) is 9.47 Å². The number of fused-ring (bicyclic) bond motifs is 1. The summed E-state index contributed by atoms with van der Waals surface area (Å²) in [6, 6.07) is 4.52. The molecular weight excluding hydrogens is 320 g/mol. The Hall–Kier alpha value is -1.80. The zero-order valence-corrected chi connectivity index (χ0v) is 13.9. The fourth-order valence-corrected chi connectivity index (χ4v) is 3.40. The van der Waals surface area contributed by atoms with Gasteiger partial charge in [-0.15, -0.1) is 0 Å². The van der Waals surface area contributed by atoms with Gasteiger partial charge < -0.3 is 20.1 Å². The Labute approximate surface area is 136 Å². The average Bonchev–Trinajstić information content (AvgIpc) is 2.56. The molecule has 0 unspecified atom stereocenters. The number of hydrogen-bond acceptors (Lipinski definition) is 6. The van der Waals surface area contributed by atoms with Crippen LogP contribution in [0.5, 0.6) is 11.5 Å². The van der Waals surface area contributed by atoms with E-state index in [-0.39, 0.29) is 23.0 Å². The molecule has 0 aliphatic carbocycles. The van der Waals surface area contributed by atoms with Crippen molar-refractivity contribution in [1.29, 1.82) is 0 Å². The van der Waals surface area contributed by atoms with Gasteiger partial charge in [-0.25, -0.2) is 8.42 Å². The van der Waals surface area contributed by atoms with Crippen molar-refractivity contribution in [2.24, 2.45) is 0 Å². The van der Waals surface area contributed by atoms with Gasteiger partial charge in [0.15, 0.2) is 21.3 Å². The Bertz CT molecular complexity index is 645. The minimum absolute atomic E-state index is 0.0592. The van der Waals surface area contributed by atoms with E-state index < -0.39 is 9.84 Å². The van der Waals surface area contributed by atoms with Gasteiger partial charge in [0.25, 0.3) is 0 Å². The summed E-state index contributed by atoms with van der Waals surface area (Å²) >= 11 is 0. The summed E-state index contributed by atoms with van der Waals surface area (Å²) < 4.78 is 35.4. The Kier molecular flexibility index (Phi) is 6.23. The van der Waals surface area contributed by atoms with E-state index in [9.17, 15) is 13.2 Å². The normalized spacial score (nSPS) is 13.6. The Morgan fingerprint density at radius 2 is 1.91 bits per heavy atom. The predicted octanol–water partition coefficient (Wildman–Crippen LogP) is 0.347. The summed E-state index contributed by atoms with van der Waals surface area (Å²) in [7, 11) is -1.70. The quantitative estimate of drug-likeness (QED) is 0.662. The molecule has 1 amide bonds. The van der Waals surface area contributed by atoms with Gasteiger partial charge in [0.05, 0.1) is 10.6 Å². The summed E-state index contributed by atoms with van der Waals surface area (Å²) in [6.07, 6.45) is 0.744. The molecule has 2 rings (SSSR count). The van der Waals surface area contributed by atoms with E-state index in [0.717, 1.165) is 13.0 Å². The highest BCUT2D eigenvalue weighted by Crippen LogP contribution is 2.32. The monoisotopic (exact) mass is 342 g/mol. The highest BCUT2D eigenvalue weighted by Gasteiger charge is 2.20. The van der Waals surface area contributed by atoms with Crippen molar-refractivity contribution in [3.05, 3.63) is 18.2 Å². The first kappa shape index (κ1) is 17.6. The molecule has 0 spiro atoms. The van der Waals surface area contributed by atoms with Gasteiger partial charge >= 0.3 is 0 Å². The number of amides is 1. The standard InChI is InChI=1S/C15H22N2O5S/c1-16-6-2-7-17-15(18)5-10-23(19,20)12-3-4-13-14(11-12)22-9-8-21-13/h3-4,11,16H,2,5-10H2,1H3,(H,17,18). The minimum atomic E-state index is -3.53.